The molecule has 0 saturated carbocycles. The van der Waals surface area contributed by atoms with Gasteiger partial charge in [-0.3, -0.25) is 0 Å². The Morgan fingerprint density at radius 1 is 1.25 bits per heavy atom. The molecule has 1 aliphatic heterocycles. The van der Waals surface area contributed by atoms with Gasteiger partial charge in [0, 0.05) is 17.5 Å². The Morgan fingerprint density at radius 2 is 2.05 bits per heavy atom. The van der Waals surface area contributed by atoms with E-state index in [0.29, 0.717) is 0 Å². The molecule has 0 N–H and O–H groups in total. The third kappa shape index (κ3) is 3.04. The topological polar surface area (TPSA) is 9.23 Å². The van der Waals surface area contributed by atoms with Gasteiger partial charge in [0.15, 0.2) is 0 Å². The highest BCUT2D eigenvalue weighted by molar-refractivity contribution is 5.70. The second-order valence-corrected chi connectivity index (χ2v) is 5.25. The molecule has 1 aliphatic rings. The van der Waals surface area contributed by atoms with Crippen LogP contribution in [0.25, 0.3) is 5.76 Å². The highest BCUT2D eigenvalue weighted by Gasteiger charge is 2.28. The normalized spacial score (nSPS) is 19.1. The average molecular weight is 268 g/mol. The predicted molar refractivity (Wildman–Crippen MR) is 86.3 cm³/mol. The lowest BCUT2D eigenvalue weighted by Crippen LogP contribution is -1.94. The molecule has 20 heavy (non-hydrogen) atoms. The third-order valence-corrected chi connectivity index (χ3v) is 3.74. The van der Waals surface area contributed by atoms with Crippen LogP contribution in [0.3, 0.4) is 0 Å². The number of allylic oxidation sites excluding steroid dienone is 2. The summed E-state index contributed by atoms with van der Waals surface area (Å²) in [5.41, 5.74) is 3.92. The van der Waals surface area contributed by atoms with Crippen molar-refractivity contribution in [3.05, 3.63) is 66.3 Å². The minimum Gasteiger partial charge on any atom is -0.485 e. The standard InChI is InChI=1S/C19H24O/c1-4-7-12-15(10-5-2)19-17-14-9-8-13-16(17)18(20-19)11-6-3/h5-6,8-9,13-14,18H,2-4,7,10-12H2,1H3/b19-15+. The zero-order valence-electron chi connectivity index (χ0n) is 12.4. The molecule has 1 unspecified atom stereocenters. The molecule has 1 atom stereocenters. The Kier molecular flexibility index (Phi) is 5.23. The first-order chi connectivity index (χ1) is 9.81. The molecule has 0 saturated heterocycles. The maximum atomic E-state index is 6.24. The molecule has 1 aromatic carbocycles. The van der Waals surface area contributed by atoms with E-state index >= 15 is 0 Å². The molecular weight excluding hydrogens is 244 g/mol. The van der Waals surface area contributed by atoms with Gasteiger partial charge in [-0.25, -0.2) is 0 Å². The van der Waals surface area contributed by atoms with Gasteiger partial charge >= 0.3 is 0 Å². The molecule has 0 bridgehead atoms. The summed E-state index contributed by atoms with van der Waals surface area (Å²) in [6.07, 6.45) is 9.29. The van der Waals surface area contributed by atoms with E-state index in [-0.39, 0.29) is 6.10 Å². The smallest absolute Gasteiger partial charge is 0.128 e. The van der Waals surface area contributed by atoms with E-state index in [0.717, 1.165) is 25.0 Å². The van der Waals surface area contributed by atoms with Crippen molar-refractivity contribution in [2.45, 2.75) is 45.1 Å². The Morgan fingerprint density at radius 3 is 2.75 bits per heavy atom. The molecule has 2 rings (SSSR count). The van der Waals surface area contributed by atoms with Crippen molar-refractivity contribution in [3.63, 3.8) is 0 Å². The minimum atomic E-state index is 0.125. The Hall–Kier alpha value is -1.76. The second kappa shape index (κ2) is 7.14. The van der Waals surface area contributed by atoms with Gasteiger partial charge in [0.25, 0.3) is 0 Å². The van der Waals surface area contributed by atoms with Gasteiger partial charge < -0.3 is 4.74 Å². The molecule has 0 radical (unpaired) electrons. The maximum Gasteiger partial charge on any atom is 0.128 e. The van der Waals surface area contributed by atoms with Crippen LogP contribution < -0.4 is 0 Å². The van der Waals surface area contributed by atoms with Crippen LogP contribution in [0.4, 0.5) is 0 Å². The summed E-state index contributed by atoms with van der Waals surface area (Å²) < 4.78 is 6.24. The molecule has 1 nitrogen and oxygen atoms in total. The number of ether oxygens (including phenoxy) is 1. The lowest BCUT2D eigenvalue weighted by Gasteiger charge is -2.13. The zero-order chi connectivity index (χ0) is 14.4. The first-order valence-corrected chi connectivity index (χ1v) is 7.51. The lowest BCUT2D eigenvalue weighted by atomic mass is 9.97. The van der Waals surface area contributed by atoms with Crippen molar-refractivity contribution >= 4 is 5.76 Å². The van der Waals surface area contributed by atoms with Gasteiger partial charge in [-0.2, -0.15) is 0 Å². The fraction of sp³-hybridized carbons (Fsp3) is 0.368. The fourth-order valence-corrected chi connectivity index (χ4v) is 2.73. The summed E-state index contributed by atoms with van der Waals surface area (Å²) in [6, 6.07) is 8.51. The molecule has 106 valence electrons. The van der Waals surface area contributed by atoms with E-state index in [9.17, 15) is 0 Å². The highest BCUT2D eigenvalue weighted by atomic mass is 16.5. The number of rotatable bonds is 7. The van der Waals surface area contributed by atoms with Crippen LogP contribution in [0.15, 0.2) is 55.1 Å². The van der Waals surface area contributed by atoms with Crippen LogP contribution in [0, 0.1) is 0 Å². The van der Waals surface area contributed by atoms with Gasteiger partial charge in [-0.05, 0) is 24.8 Å². The van der Waals surface area contributed by atoms with Crippen molar-refractivity contribution in [1.29, 1.82) is 0 Å². The van der Waals surface area contributed by atoms with E-state index in [1.807, 2.05) is 12.2 Å². The van der Waals surface area contributed by atoms with Gasteiger partial charge in [0.2, 0.25) is 0 Å². The lowest BCUT2D eigenvalue weighted by molar-refractivity contribution is 0.189. The van der Waals surface area contributed by atoms with Gasteiger partial charge in [0.1, 0.15) is 11.9 Å². The molecule has 0 fully saturated rings. The molecule has 1 heterocycles. The van der Waals surface area contributed by atoms with E-state index < -0.39 is 0 Å². The number of fused-ring (bicyclic) bond motifs is 1. The van der Waals surface area contributed by atoms with Crippen molar-refractivity contribution in [1.82, 2.24) is 0 Å². The summed E-state index contributed by atoms with van der Waals surface area (Å²) in [4.78, 5) is 0. The highest BCUT2D eigenvalue weighted by Crippen LogP contribution is 2.43. The fourth-order valence-electron chi connectivity index (χ4n) is 2.73. The van der Waals surface area contributed by atoms with E-state index in [1.165, 1.54) is 29.5 Å². The van der Waals surface area contributed by atoms with Crippen LogP contribution in [0.5, 0.6) is 0 Å². The van der Waals surface area contributed by atoms with Gasteiger partial charge in [-0.1, -0.05) is 49.8 Å². The van der Waals surface area contributed by atoms with Crippen LogP contribution in [0.2, 0.25) is 0 Å². The number of unbranched alkanes of at least 4 members (excludes halogenated alkanes) is 1. The monoisotopic (exact) mass is 268 g/mol. The van der Waals surface area contributed by atoms with Crippen molar-refractivity contribution < 1.29 is 4.74 Å². The van der Waals surface area contributed by atoms with E-state index in [1.54, 1.807) is 0 Å². The molecule has 0 amide bonds. The molecule has 1 aromatic rings. The van der Waals surface area contributed by atoms with Crippen LogP contribution in [0.1, 0.15) is 56.3 Å². The second-order valence-electron chi connectivity index (χ2n) is 5.25. The Bertz CT molecular complexity index is 510. The summed E-state index contributed by atoms with van der Waals surface area (Å²) in [6.45, 7) is 9.95. The molecule has 0 spiro atoms. The van der Waals surface area contributed by atoms with Crippen molar-refractivity contribution in [2.75, 3.05) is 0 Å². The third-order valence-electron chi connectivity index (χ3n) is 3.74. The summed E-state index contributed by atoms with van der Waals surface area (Å²) >= 11 is 0. The number of hydrogen-bond acceptors (Lipinski definition) is 1. The molecule has 0 aliphatic carbocycles. The molecule has 1 heteroatoms. The summed E-state index contributed by atoms with van der Waals surface area (Å²) in [5, 5.41) is 0. The quantitative estimate of drug-likeness (QED) is 0.567. The number of hydrogen-bond donors (Lipinski definition) is 0. The van der Waals surface area contributed by atoms with Crippen molar-refractivity contribution in [2.24, 2.45) is 0 Å². The number of benzene rings is 1. The first-order valence-electron chi connectivity index (χ1n) is 7.51. The summed E-state index contributed by atoms with van der Waals surface area (Å²) in [5.74, 6) is 1.08. The Labute approximate surface area is 122 Å². The largest absolute Gasteiger partial charge is 0.485 e. The van der Waals surface area contributed by atoms with Crippen molar-refractivity contribution in [3.8, 4) is 0 Å². The Balaban J connectivity index is 2.39. The van der Waals surface area contributed by atoms with E-state index in [2.05, 4.69) is 44.3 Å². The average Bonchev–Trinajstić information content (AvgIpc) is 2.83. The first kappa shape index (κ1) is 14.6. The SMILES string of the molecule is C=CC/C(CCCC)=C1\OC(CC=C)c2ccccc21. The zero-order valence-corrected chi connectivity index (χ0v) is 12.4. The molecular formula is C19H24O. The maximum absolute atomic E-state index is 6.24. The summed E-state index contributed by atoms with van der Waals surface area (Å²) in [7, 11) is 0. The van der Waals surface area contributed by atoms with E-state index in [4.69, 9.17) is 4.74 Å². The van der Waals surface area contributed by atoms with Gasteiger partial charge in [0.05, 0.1) is 0 Å². The predicted octanol–water partition coefficient (Wildman–Crippen LogP) is 5.81. The van der Waals surface area contributed by atoms with Crippen LogP contribution in [-0.2, 0) is 4.74 Å². The minimum absolute atomic E-state index is 0.125. The van der Waals surface area contributed by atoms with Crippen LogP contribution >= 0.6 is 0 Å². The molecule has 0 aromatic heterocycles. The van der Waals surface area contributed by atoms with Gasteiger partial charge in [-0.15, -0.1) is 13.2 Å². The van der Waals surface area contributed by atoms with Crippen LogP contribution in [-0.4, -0.2) is 0 Å².